The molecule has 11 rings (SSSR count). The first-order chi connectivity index (χ1) is 29.7. The number of furan rings is 1. The third-order valence-electron chi connectivity index (χ3n) is 11.7. The van der Waals surface area contributed by atoms with Gasteiger partial charge in [-0.15, -0.1) is 0 Å². The molecule has 0 saturated heterocycles. The molecule has 0 aliphatic carbocycles. The third kappa shape index (κ3) is 6.41. The number of para-hydroxylation sites is 1. The van der Waals surface area contributed by atoms with Gasteiger partial charge >= 0.3 is 0 Å². The fraction of sp³-hybridized carbons (Fsp3) is 0. The molecule has 0 atom stereocenters. The van der Waals surface area contributed by atoms with Crippen LogP contribution in [0.4, 0.5) is 17.1 Å². The number of rotatable bonds is 8. The standard InChI is InChI=1S/C58H39NO/c1-3-14-41(15-4-1)50-22-7-8-23-51(50)46-21-11-20-45(38-46)40-28-32-47(33-29-40)59(49-36-37-55-54-24-9-10-27-56(54)60-57(55)39-49)48-34-30-43(31-35-48)53-26-13-19-44-18-12-25-52(58(44)53)42-16-5-2-6-17-42/h1-39H. The summed E-state index contributed by atoms with van der Waals surface area (Å²) < 4.78 is 6.42. The summed E-state index contributed by atoms with van der Waals surface area (Å²) >= 11 is 0. The van der Waals surface area contributed by atoms with Crippen LogP contribution in [0.25, 0.3) is 88.3 Å². The largest absolute Gasteiger partial charge is 0.456 e. The van der Waals surface area contributed by atoms with Crippen molar-refractivity contribution in [1.29, 1.82) is 0 Å². The number of hydrogen-bond acceptors (Lipinski definition) is 2. The van der Waals surface area contributed by atoms with Crippen molar-refractivity contribution in [2.24, 2.45) is 0 Å². The summed E-state index contributed by atoms with van der Waals surface area (Å²) in [5.74, 6) is 0. The topological polar surface area (TPSA) is 16.4 Å². The van der Waals surface area contributed by atoms with E-state index in [1.807, 2.05) is 12.1 Å². The van der Waals surface area contributed by atoms with E-state index >= 15 is 0 Å². The zero-order valence-corrected chi connectivity index (χ0v) is 32.9. The molecule has 0 unspecified atom stereocenters. The lowest BCUT2D eigenvalue weighted by Gasteiger charge is -2.26. The molecule has 0 aliphatic rings. The summed E-state index contributed by atoms with van der Waals surface area (Å²) in [6.45, 7) is 0. The minimum absolute atomic E-state index is 0.865. The van der Waals surface area contributed by atoms with Gasteiger partial charge in [0.15, 0.2) is 0 Å². The fourth-order valence-corrected chi connectivity index (χ4v) is 8.80. The van der Waals surface area contributed by atoms with Gasteiger partial charge in [0.25, 0.3) is 0 Å². The molecule has 1 aromatic heterocycles. The van der Waals surface area contributed by atoms with Gasteiger partial charge in [-0.05, 0) is 115 Å². The molecule has 282 valence electrons. The van der Waals surface area contributed by atoms with Crippen molar-refractivity contribution >= 4 is 49.8 Å². The van der Waals surface area contributed by atoms with E-state index in [-0.39, 0.29) is 0 Å². The van der Waals surface area contributed by atoms with Gasteiger partial charge in [0.2, 0.25) is 0 Å². The lowest BCUT2D eigenvalue weighted by molar-refractivity contribution is 0.669. The van der Waals surface area contributed by atoms with Crippen LogP contribution in [0.15, 0.2) is 241 Å². The Bertz CT molecular complexity index is 3290. The predicted molar refractivity (Wildman–Crippen MR) is 253 cm³/mol. The van der Waals surface area contributed by atoms with Gasteiger partial charge in [-0.25, -0.2) is 0 Å². The van der Waals surface area contributed by atoms with E-state index in [9.17, 15) is 0 Å². The summed E-state index contributed by atoms with van der Waals surface area (Å²) in [6, 6.07) is 84.8. The molecule has 1 heterocycles. The van der Waals surface area contributed by atoms with Gasteiger partial charge in [-0.3, -0.25) is 0 Å². The SMILES string of the molecule is c1ccc(-c2ccccc2-c2cccc(-c3ccc(N(c4ccc(-c5cccc6cccc(-c7ccccc7)c56)cc4)c4ccc5c(c4)oc4ccccc45)cc3)c2)cc1. The van der Waals surface area contributed by atoms with Crippen molar-refractivity contribution in [2.75, 3.05) is 4.90 Å². The summed E-state index contributed by atoms with van der Waals surface area (Å²) in [5, 5.41) is 4.72. The van der Waals surface area contributed by atoms with E-state index in [0.717, 1.165) is 44.6 Å². The highest BCUT2D eigenvalue weighted by Gasteiger charge is 2.18. The number of hydrogen-bond donors (Lipinski definition) is 0. The molecule has 0 bridgehead atoms. The molecule has 0 radical (unpaired) electrons. The van der Waals surface area contributed by atoms with Crippen molar-refractivity contribution in [1.82, 2.24) is 0 Å². The van der Waals surface area contributed by atoms with E-state index in [0.29, 0.717) is 0 Å². The first kappa shape index (κ1) is 35.2. The number of fused-ring (bicyclic) bond motifs is 4. The van der Waals surface area contributed by atoms with Gasteiger partial charge in [-0.2, -0.15) is 0 Å². The van der Waals surface area contributed by atoms with E-state index in [1.165, 1.54) is 60.8 Å². The van der Waals surface area contributed by atoms with Crippen molar-refractivity contribution in [3.05, 3.63) is 237 Å². The van der Waals surface area contributed by atoms with Crippen LogP contribution in [-0.4, -0.2) is 0 Å². The second-order valence-corrected chi connectivity index (χ2v) is 15.3. The average Bonchev–Trinajstić information content (AvgIpc) is 3.70. The number of anilines is 3. The second-order valence-electron chi connectivity index (χ2n) is 15.3. The van der Waals surface area contributed by atoms with E-state index in [1.54, 1.807) is 0 Å². The van der Waals surface area contributed by atoms with Gasteiger partial charge in [-0.1, -0.05) is 182 Å². The van der Waals surface area contributed by atoms with Crippen molar-refractivity contribution in [3.63, 3.8) is 0 Å². The van der Waals surface area contributed by atoms with Crippen molar-refractivity contribution in [3.8, 4) is 55.6 Å². The highest BCUT2D eigenvalue weighted by molar-refractivity contribution is 6.07. The minimum Gasteiger partial charge on any atom is -0.456 e. The normalized spacial score (nSPS) is 11.3. The van der Waals surface area contributed by atoms with Gasteiger partial charge in [0.1, 0.15) is 11.2 Å². The molecule has 2 heteroatoms. The molecule has 0 saturated carbocycles. The van der Waals surface area contributed by atoms with Gasteiger partial charge in [0, 0.05) is 33.9 Å². The van der Waals surface area contributed by atoms with Crippen molar-refractivity contribution in [2.45, 2.75) is 0 Å². The Balaban J connectivity index is 0.991. The maximum absolute atomic E-state index is 6.42. The monoisotopic (exact) mass is 765 g/mol. The summed E-state index contributed by atoms with van der Waals surface area (Å²) in [4.78, 5) is 2.32. The molecule has 11 aromatic rings. The molecular weight excluding hydrogens is 727 g/mol. The lowest BCUT2D eigenvalue weighted by Crippen LogP contribution is -2.09. The summed E-state index contributed by atoms with van der Waals surface area (Å²) in [7, 11) is 0. The number of nitrogens with zero attached hydrogens (tertiary/aromatic N) is 1. The molecule has 0 spiro atoms. The molecule has 0 amide bonds. The quantitative estimate of drug-likeness (QED) is 0.153. The number of benzene rings is 10. The summed E-state index contributed by atoms with van der Waals surface area (Å²) in [6.07, 6.45) is 0. The molecule has 0 fully saturated rings. The smallest absolute Gasteiger partial charge is 0.137 e. The average molecular weight is 766 g/mol. The molecule has 0 N–H and O–H groups in total. The zero-order valence-electron chi connectivity index (χ0n) is 32.9. The minimum atomic E-state index is 0.865. The Labute approximate surface area is 349 Å². The molecule has 0 aliphatic heterocycles. The van der Waals surface area contributed by atoms with E-state index in [2.05, 4.69) is 229 Å². The van der Waals surface area contributed by atoms with E-state index in [4.69, 9.17) is 4.42 Å². The molecule has 2 nitrogen and oxygen atoms in total. The van der Waals surface area contributed by atoms with Crippen LogP contribution in [0, 0.1) is 0 Å². The van der Waals surface area contributed by atoms with Crippen molar-refractivity contribution < 1.29 is 4.42 Å². The maximum atomic E-state index is 6.42. The first-order valence-electron chi connectivity index (χ1n) is 20.5. The highest BCUT2D eigenvalue weighted by Crippen LogP contribution is 2.42. The van der Waals surface area contributed by atoms with E-state index < -0.39 is 0 Å². The molecule has 10 aromatic carbocycles. The van der Waals surface area contributed by atoms with Crippen LogP contribution in [-0.2, 0) is 0 Å². The Morgan fingerprint density at radius 1 is 0.267 bits per heavy atom. The Hall–Kier alpha value is -7.94. The Morgan fingerprint density at radius 2 is 0.733 bits per heavy atom. The predicted octanol–water partition coefficient (Wildman–Crippen LogP) is 16.5. The maximum Gasteiger partial charge on any atom is 0.137 e. The lowest BCUT2D eigenvalue weighted by atomic mass is 9.91. The van der Waals surface area contributed by atoms with Crippen LogP contribution in [0.2, 0.25) is 0 Å². The van der Waals surface area contributed by atoms with Crippen LogP contribution >= 0.6 is 0 Å². The Kier molecular flexibility index (Phi) is 8.87. The zero-order chi connectivity index (χ0) is 39.8. The highest BCUT2D eigenvalue weighted by atomic mass is 16.3. The van der Waals surface area contributed by atoms with Gasteiger partial charge < -0.3 is 9.32 Å². The molecule has 60 heavy (non-hydrogen) atoms. The third-order valence-corrected chi connectivity index (χ3v) is 11.7. The van der Waals surface area contributed by atoms with Gasteiger partial charge in [0.05, 0.1) is 0 Å². The first-order valence-corrected chi connectivity index (χ1v) is 20.5. The second kappa shape index (κ2) is 15.1. The van der Waals surface area contributed by atoms with Crippen LogP contribution in [0.1, 0.15) is 0 Å². The Morgan fingerprint density at radius 3 is 1.42 bits per heavy atom. The molecular formula is C58H39NO. The fourth-order valence-electron chi connectivity index (χ4n) is 8.80. The van der Waals surface area contributed by atoms with Crippen LogP contribution in [0.5, 0.6) is 0 Å². The van der Waals surface area contributed by atoms with Crippen LogP contribution in [0.3, 0.4) is 0 Å². The summed E-state index contributed by atoms with van der Waals surface area (Å²) in [5.41, 5.74) is 16.9. The van der Waals surface area contributed by atoms with Crippen LogP contribution < -0.4 is 4.90 Å².